The summed E-state index contributed by atoms with van der Waals surface area (Å²) in [6.45, 7) is 2.31. The van der Waals surface area contributed by atoms with Gasteiger partial charge in [-0.2, -0.15) is 0 Å². The number of carbonyl (C=O) groups is 1. The molecule has 0 amide bonds. The molecule has 0 radical (unpaired) electrons. The second-order valence-corrected chi connectivity index (χ2v) is 8.74. The summed E-state index contributed by atoms with van der Waals surface area (Å²) in [5, 5.41) is 11.4. The van der Waals surface area contributed by atoms with Crippen LogP contribution in [0.25, 0.3) is 21.6 Å². The van der Waals surface area contributed by atoms with E-state index < -0.39 is 5.97 Å². The standard InChI is InChI=1S/C25H19BrO3S/c1-16-13-18(7-9-20(16)25(27)28)24-21(11-12-30-24)22-14-19(26)8-10-23(22)29-15-17-5-3-2-4-6-17/h2-14H,15H2,1H3,(H,27,28). The van der Waals surface area contributed by atoms with E-state index in [0.717, 1.165) is 42.9 Å². The van der Waals surface area contributed by atoms with Crippen LogP contribution in [0, 0.1) is 6.92 Å². The summed E-state index contributed by atoms with van der Waals surface area (Å²) >= 11 is 5.21. The van der Waals surface area contributed by atoms with Gasteiger partial charge in [-0.1, -0.05) is 52.3 Å². The van der Waals surface area contributed by atoms with Gasteiger partial charge in [-0.25, -0.2) is 4.79 Å². The van der Waals surface area contributed by atoms with Crippen LogP contribution in [0.4, 0.5) is 0 Å². The first-order chi connectivity index (χ1) is 14.5. The van der Waals surface area contributed by atoms with Gasteiger partial charge in [-0.15, -0.1) is 11.3 Å². The van der Waals surface area contributed by atoms with Crippen LogP contribution in [0.1, 0.15) is 21.5 Å². The molecule has 0 atom stereocenters. The molecule has 0 saturated carbocycles. The lowest BCUT2D eigenvalue weighted by atomic mass is 9.99. The van der Waals surface area contributed by atoms with Crippen LogP contribution in [-0.4, -0.2) is 11.1 Å². The minimum absolute atomic E-state index is 0.325. The van der Waals surface area contributed by atoms with Gasteiger partial charge in [0.1, 0.15) is 12.4 Å². The van der Waals surface area contributed by atoms with Crippen LogP contribution < -0.4 is 4.74 Å². The first kappa shape index (κ1) is 20.4. The molecule has 0 aliphatic rings. The number of rotatable bonds is 6. The maximum atomic E-state index is 11.4. The number of thiophene rings is 1. The number of ether oxygens (including phenoxy) is 1. The zero-order valence-corrected chi connectivity index (χ0v) is 18.7. The largest absolute Gasteiger partial charge is 0.488 e. The minimum Gasteiger partial charge on any atom is -0.488 e. The van der Waals surface area contributed by atoms with Gasteiger partial charge in [0.25, 0.3) is 0 Å². The van der Waals surface area contributed by atoms with Crippen LogP contribution >= 0.6 is 27.3 Å². The molecule has 0 fully saturated rings. The third kappa shape index (κ3) is 4.32. The molecule has 1 N–H and O–H groups in total. The topological polar surface area (TPSA) is 46.5 Å². The van der Waals surface area contributed by atoms with Crippen LogP contribution in [0.3, 0.4) is 0 Å². The van der Waals surface area contributed by atoms with Crippen molar-refractivity contribution in [2.75, 3.05) is 0 Å². The number of carboxylic acids is 1. The number of hydrogen-bond donors (Lipinski definition) is 1. The molecule has 1 aromatic heterocycles. The van der Waals surface area contributed by atoms with E-state index in [9.17, 15) is 9.90 Å². The monoisotopic (exact) mass is 478 g/mol. The molecule has 1 heterocycles. The molecular formula is C25H19BrO3S. The van der Waals surface area contributed by atoms with E-state index >= 15 is 0 Å². The molecule has 0 bridgehead atoms. The third-order valence-electron chi connectivity index (χ3n) is 4.85. The van der Waals surface area contributed by atoms with Crippen LogP contribution in [0.5, 0.6) is 5.75 Å². The summed E-state index contributed by atoms with van der Waals surface area (Å²) in [6, 6.07) is 23.6. The number of aromatic carboxylic acids is 1. The fraction of sp³-hybridized carbons (Fsp3) is 0.0800. The van der Waals surface area contributed by atoms with Crippen molar-refractivity contribution in [3.63, 3.8) is 0 Å². The Labute approximate surface area is 187 Å². The molecule has 0 spiro atoms. The van der Waals surface area contributed by atoms with Gasteiger partial charge in [0.15, 0.2) is 0 Å². The highest BCUT2D eigenvalue weighted by atomic mass is 79.9. The van der Waals surface area contributed by atoms with Crippen molar-refractivity contribution in [1.29, 1.82) is 0 Å². The normalized spacial score (nSPS) is 10.7. The summed E-state index contributed by atoms with van der Waals surface area (Å²) < 4.78 is 7.14. The Morgan fingerprint density at radius 1 is 1.00 bits per heavy atom. The zero-order chi connectivity index (χ0) is 21.1. The molecule has 150 valence electrons. The van der Waals surface area contributed by atoms with Gasteiger partial charge in [0, 0.05) is 20.5 Å². The average Bonchev–Trinajstić information content (AvgIpc) is 3.23. The second kappa shape index (κ2) is 8.86. The highest BCUT2D eigenvalue weighted by Crippen LogP contribution is 2.42. The lowest BCUT2D eigenvalue weighted by Gasteiger charge is -2.14. The van der Waals surface area contributed by atoms with Crippen molar-refractivity contribution in [3.8, 4) is 27.3 Å². The Morgan fingerprint density at radius 3 is 2.53 bits per heavy atom. The third-order valence-corrected chi connectivity index (χ3v) is 6.31. The van der Waals surface area contributed by atoms with Gasteiger partial charge in [0.05, 0.1) is 5.56 Å². The molecule has 4 rings (SSSR count). The SMILES string of the molecule is Cc1cc(-c2sccc2-c2cc(Br)ccc2OCc2ccccc2)ccc1C(=O)O. The van der Waals surface area contributed by atoms with E-state index in [-0.39, 0.29) is 0 Å². The van der Waals surface area contributed by atoms with E-state index in [4.69, 9.17) is 4.74 Å². The van der Waals surface area contributed by atoms with Crippen LogP contribution in [-0.2, 0) is 6.61 Å². The van der Waals surface area contributed by atoms with Crippen molar-refractivity contribution in [3.05, 3.63) is 99.3 Å². The lowest BCUT2D eigenvalue weighted by molar-refractivity contribution is 0.0696. The number of hydrogen-bond acceptors (Lipinski definition) is 3. The summed E-state index contributed by atoms with van der Waals surface area (Å²) in [7, 11) is 0. The fourth-order valence-electron chi connectivity index (χ4n) is 3.36. The van der Waals surface area contributed by atoms with Gasteiger partial charge >= 0.3 is 5.97 Å². The number of aryl methyl sites for hydroxylation is 1. The number of benzene rings is 3. The van der Waals surface area contributed by atoms with Crippen molar-refractivity contribution >= 4 is 33.2 Å². The van der Waals surface area contributed by atoms with Crippen molar-refractivity contribution in [2.24, 2.45) is 0 Å². The lowest BCUT2D eigenvalue weighted by Crippen LogP contribution is -1.99. The van der Waals surface area contributed by atoms with Crippen molar-refractivity contribution in [2.45, 2.75) is 13.5 Å². The maximum absolute atomic E-state index is 11.4. The quantitative estimate of drug-likeness (QED) is 0.313. The molecular weight excluding hydrogens is 460 g/mol. The van der Waals surface area contributed by atoms with Gasteiger partial charge < -0.3 is 9.84 Å². The molecule has 0 aliphatic heterocycles. The number of halogens is 1. The van der Waals surface area contributed by atoms with E-state index in [1.807, 2.05) is 66.9 Å². The van der Waals surface area contributed by atoms with Crippen molar-refractivity contribution < 1.29 is 14.6 Å². The smallest absolute Gasteiger partial charge is 0.335 e. The van der Waals surface area contributed by atoms with E-state index in [0.29, 0.717) is 12.2 Å². The van der Waals surface area contributed by atoms with Crippen molar-refractivity contribution in [1.82, 2.24) is 0 Å². The zero-order valence-electron chi connectivity index (χ0n) is 16.3. The molecule has 4 aromatic rings. The van der Waals surface area contributed by atoms with E-state index in [2.05, 4.69) is 28.1 Å². The van der Waals surface area contributed by atoms with Crippen LogP contribution in [0.15, 0.2) is 82.6 Å². The Balaban J connectivity index is 1.72. The fourth-order valence-corrected chi connectivity index (χ4v) is 4.63. The Bertz CT molecular complexity index is 1200. The predicted octanol–water partition coefficient (Wildman–Crippen LogP) is 7.43. The Morgan fingerprint density at radius 2 is 1.80 bits per heavy atom. The summed E-state index contributed by atoms with van der Waals surface area (Å²) in [6.07, 6.45) is 0. The maximum Gasteiger partial charge on any atom is 0.335 e. The second-order valence-electron chi connectivity index (χ2n) is 6.91. The average molecular weight is 479 g/mol. The first-order valence-electron chi connectivity index (χ1n) is 9.41. The van der Waals surface area contributed by atoms with E-state index in [1.54, 1.807) is 17.4 Å². The molecule has 0 unspecified atom stereocenters. The van der Waals surface area contributed by atoms with Crippen LogP contribution in [0.2, 0.25) is 0 Å². The summed E-state index contributed by atoms with van der Waals surface area (Å²) in [5.74, 6) is -0.102. The summed E-state index contributed by atoms with van der Waals surface area (Å²) in [4.78, 5) is 12.4. The molecule has 5 heteroatoms. The highest BCUT2D eigenvalue weighted by molar-refractivity contribution is 9.10. The Hall–Kier alpha value is -2.89. The highest BCUT2D eigenvalue weighted by Gasteiger charge is 2.16. The van der Waals surface area contributed by atoms with E-state index in [1.165, 1.54) is 0 Å². The summed E-state index contributed by atoms with van der Waals surface area (Å²) in [5.41, 5.74) is 5.23. The first-order valence-corrected chi connectivity index (χ1v) is 11.1. The molecule has 3 nitrogen and oxygen atoms in total. The molecule has 30 heavy (non-hydrogen) atoms. The minimum atomic E-state index is -0.908. The molecule has 0 saturated heterocycles. The molecule has 3 aromatic carbocycles. The number of carboxylic acid groups (broad SMARTS) is 1. The molecule has 0 aliphatic carbocycles. The van der Waals surface area contributed by atoms with Gasteiger partial charge in [-0.05, 0) is 65.4 Å². The van der Waals surface area contributed by atoms with Gasteiger partial charge in [0.2, 0.25) is 0 Å². The van der Waals surface area contributed by atoms with Gasteiger partial charge in [-0.3, -0.25) is 0 Å². The Kier molecular flexibility index (Phi) is 6.02. The predicted molar refractivity (Wildman–Crippen MR) is 125 cm³/mol.